The highest BCUT2D eigenvalue weighted by Gasteiger charge is 2.30. The molecule has 7 nitrogen and oxygen atoms in total. The first-order chi connectivity index (χ1) is 13.1. The number of benzene rings is 1. The van der Waals surface area contributed by atoms with Gasteiger partial charge in [-0.2, -0.15) is 0 Å². The van der Waals surface area contributed by atoms with E-state index in [1.807, 2.05) is 29.2 Å². The summed E-state index contributed by atoms with van der Waals surface area (Å²) in [4.78, 5) is 32.3. The molecule has 0 bridgehead atoms. The lowest BCUT2D eigenvalue weighted by atomic mass is 9.99. The summed E-state index contributed by atoms with van der Waals surface area (Å²) in [6.07, 6.45) is 4.13. The highest BCUT2D eigenvalue weighted by atomic mass is 16.2. The van der Waals surface area contributed by atoms with E-state index in [9.17, 15) is 9.59 Å². The van der Waals surface area contributed by atoms with Gasteiger partial charge >= 0.3 is 5.69 Å². The average molecular weight is 365 g/mol. The number of para-hydroxylation sites is 1. The summed E-state index contributed by atoms with van der Waals surface area (Å²) in [5.74, 6) is 1.72. The van der Waals surface area contributed by atoms with Crippen molar-refractivity contribution in [3.63, 3.8) is 0 Å². The van der Waals surface area contributed by atoms with Gasteiger partial charge in [-0.1, -0.05) is 19.1 Å². The quantitative estimate of drug-likeness (QED) is 0.713. The predicted molar refractivity (Wildman–Crippen MR) is 102 cm³/mol. The van der Waals surface area contributed by atoms with E-state index in [-0.39, 0.29) is 18.1 Å². The molecule has 3 aromatic rings. The van der Waals surface area contributed by atoms with Crippen molar-refractivity contribution in [1.29, 1.82) is 0 Å². The second-order valence-corrected chi connectivity index (χ2v) is 7.92. The van der Waals surface area contributed by atoms with Crippen LogP contribution in [-0.2, 0) is 11.3 Å². The SMILES string of the molecule is CC1CCN(C(=O)Cn2nc3c4ccccc4nc(C4CC4)n3c2=O)CC1. The third kappa shape index (κ3) is 2.81. The van der Waals surface area contributed by atoms with E-state index in [0.717, 1.165) is 55.5 Å². The van der Waals surface area contributed by atoms with Crippen molar-refractivity contribution in [3.05, 3.63) is 40.6 Å². The van der Waals surface area contributed by atoms with Gasteiger partial charge < -0.3 is 4.90 Å². The van der Waals surface area contributed by atoms with Gasteiger partial charge in [0.05, 0.1) is 5.52 Å². The monoisotopic (exact) mass is 365 g/mol. The van der Waals surface area contributed by atoms with Crippen molar-refractivity contribution < 1.29 is 4.79 Å². The number of likely N-dealkylation sites (tertiary alicyclic amines) is 1. The Morgan fingerprint density at radius 2 is 1.89 bits per heavy atom. The molecule has 7 heteroatoms. The summed E-state index contributed by atoms with van der Waals surface area (Å²) < 4.78 is 2.93. The van der Waals surface area contributed by atoms with E-state index in [0.29, 0.717) is 17.5 Å². The first kappa shape index (κ1) is 16.5. The minimum absolute atomic E-state index is 0.00662. The van der Waals surface area contributed by atoms with E-state index >= 15 is 0 Å². The van der Waals surface area contributed by atoms with Gasteiger partial charge in [0.2, 0.25) is 5.91 Å². The number of carbonyl (C=O) groups excluding carboxylic acids is 1. The fourth-order valence-electron chi connectivity index (χ4n) is 3.93. The van der Waals surface area contributed by atoms with Crippen LogP contribution in [0, 0.1) is 5.92 Å². The summed E-state index contributed by atoms with van der Waals surface area (Å²) in [5, 5.41) is 5.39. The largest absolute Gasteiger partial charge is 0.352 e. The Kier molecular flexibility index (Phi) is 3.77. The molecule has 1 aliphatic heterocycles. The van der Waals surface area contributed by atoms with Gasteiger partial charge in [-0.05, 0) is 43.7 Å². The van der Waals surface area contributed by atoms with E-state index in [1.165, 1.54) is 4.68 Å². The normalized spacial score (nSPS) is 18.5. The highest BCUT2D eigenvalue weighted by Crippen LogP contribution is 2.39. The predicted octanol–water partition coefficient (Wildman–Crippen LogP) is 2.18. The Morgan fingerprint density at radius 1 is 1.15 bits per heavy atom. The number of nitrogens with zero attached hydrogens (tertiary/aromatic N) is 5. The van der Waals surface area contributed by atoms with Gasteiger partial charge in [0.25, 0.3) is 0 Å². The Labute approximate surface area is 156 Å². The van der Waals surface area contributed by atoms with Crippen LogP contribution in [0.1, 0.15) is 44.3 Å². The van der Waals surface area contributed by atoms with Gasteiger partial charge in [-0.3, -0.25) is 4.79 Å². The third-order valence-corrected chi connectivity index (χ3v) is 5.81. The maximum Gasteiger partial charge on any atom is 0.352 e. The molecule has 3 heterocycles. The van der Waals surface area contributed by atoms with Gasteiger partial charge in [0.15, 0.2) is 5.65 Å². The van der Waals surface area contributed by atoms with Crippen LogP contribution in [0.3, 0.4) is 0 Å². The second-order valence-electron chi connectivity index (χ2n) is 7.92. The first-order valence-corrected chi connectivity index (χ1v) is 9.78. The minimum Gasteiger partial charge on any atom is -0.341 e. The molecule has 1 aliphatic carbocycles. The van der Waals surface area contributed by atoms with Crippen molar-refractivity contribution in [2.24, 2.45) is 5.92 Å². The smallest absolute Gasteiger partial charge is 0.341 e. The minimum atomic E-state index is -0.260. The molecule has 1 saturated carbocycles. The second kappa shape index (κ2) is 6.18. The number of piperidine rings is 1. The van der Waals surface area contributed by atoms with E-state index < -0.39 is 0 Å². The molecule has 1 saturated heterocycles. The Hall–Kier alpha value is -2.70. The number of hydrogen-bond acceptors (Lipinski definition) is 4. The van der Waals surface area contributed by atoms with Gasteiger partial charge in [-0.25, -0.2) is 18.9 Å². The molecule has 0 spiro atoms. The standard InChI is InChI=1S/C20H23N5O2/c1-13-8-10-23(11-9-13)17(26)12-24-20(27)25-18(14-6-7-14)21-16-5-3-2-4-15(16)19(25)22-24/h2-5,13-14H,6-12H2,1H3. The van der Waals surface area contributed by atoms with Gasteiger partial charge in [-0.15, -0.1) is 5.10 Å². The van der Waals surface area contributed by atoms with E-state index in [2.05, 4.69) is 12.0 Å². The van der Waals surface area contributed by atoms with Crippen LogP contribution in [0.25, 0.3) is 16.6 Å². The molecule has 27 heavy (non-hydrogen) atoms. The van der Waals surface area contributed by atoms with Gasteiger partial charge in [0, 0.05) is 24.4 Å². The molecule has 140 valence electrons. The van der Waals surface area contributed by atoms with E-state index in [4.69, 9.17) is 4.98 Å². The molecule has 5 rings (SSSR count). The van der Waals surface area contributed by atoms with Crippen LogP contribution in [0.5, 0.6) is 0 Å². The lowest BCUT2D eigenvalue weighted by Crippen LogP contribution is -2.41. The Bertz CT molecular complexity index is 1090. The zero-order valence-electron chi connectivity index (χ0n) is 15.5. The molecule has 1 aromatic carbocycles. The number of aromatic nitrogens is 4. The molecule has 2 aliphatic rings. The number of hydrogen-bond donors (Lipinski definition) is 0. The first-order valence-electron chi connectivity index (χ1n) is 9.78. The number of carbonyl (C=O) groups is 1. The zero-order chi connectivity index (χ0) is 18.5. The number of rotatable bonds is 3. The van der Waals surface area contributed by atoms with Crippen LogP contribution in [-0.4, -0.2) is 43.1 Å². The molecular formula is C20H23N5O2. The lowest BCUT2D eigenvalue weighted by molar-refractivity contribution is -0.133. The maximum absolute atomic E-state index is 13.0. The molecule has 2 aromatic heterocycles. The van der Waals surface area contributed by atoms with Crippen LogP contribution in [0.4, 0.5) is 0 Å². The summed E-state index contributed by atoms with van der Waals surface area (Å²) in [5.41, 5.74) is 1.19. The molecular weight excluding hydrogens is 342 g/mol. The lowest BCUT2D eigenvalue weighted by Gasteiger charge is -2.30. The van der Waals surface area contributed by atoms with Crippen molar-refractivity contribution in [3.8, 4) is 0 Å². The Morgan fingerprint density at radius 3 is 2.63 bits per heavy atom. The average Bonchev–Trinajstić information content (AvgIpc) is 3.47. The number of fused-ring (bicyclic) bond motifs is 3. The fraction of sp³-hybridized carbons (Fsp3) is 0.500. The van der Waals surface area contributed by atoms with Crippen molar-refractivity contribution >= 4 is 22.5 Å². The summed E-state index contributed by atoms with van der Waals surface area (Å²) in [7, 11) is 0. The van der Waals surface area contributed by atoms with Crippen LogP contribution in [0.2, 0.25) is 0 Å². The fourth-order valence-corrected chi connectivity index (χ4v) is 3.93. The van der Waals surface area contributed by atoms with Crippen molar-refractivity contribution in [2.45, 2.75) is 45.1 Å². The zero-order valence-corrected chi connectivity index (χ0v) is 15.5. The molecule has 0 radical (unpaired) electrons. The third-order valence-electron chi connectivity index (χ3n) is 5.81. The van der Waals surface area contributed by atoms with E-state index in [1.54, 1.807) is 4.40 Å². The van der Waals surface area contributed by atoms with Crippen LogP contribution >= 0.6 is 0 Å². The maximum atomic E-state index is 13.0. The molecule has 1 amide bonds. The van der Waals surface area contributed by atoms with Crippen LogP contribution < -0.4 is 5.69 Å². The van der Waals surface area contributed by atoms with Gasteiger partial charge in [0.1, 0.15) is 12.4 Å². The highest BCUT2D eigenvalue weighted by molar-refractivity contribution is 5.91. The molecule has 0 unspecified atom stereocenters. The topological polar surface area (TPSA) is 72.5 Å². The molecule has 0 N–H and O–H groups in total. The molecule has 2 fully saturated rings. The Balaban J connectivity index is 1.56. The van der Waals surface area contributed by atoms with Crippen molar-refractivity contribution in [1.82, 2.24) is 24.1 Å². The summed E-state index contributed by atoms with van der Waals surface area (Å²) in [6, 6.07) is 7.74. The molecule has 0 atom stereocenters. The number of amides is 1. The summed E-state index contributed by atoms with van der Waals surface area (Å²) >= 11 is 0. The van der Waals surface area contributed by atoms with Crippen molar-refractivity contribution in [2.75, 3.05) is 13.1 Å². The van der Waals surface area contributed by atoms with Crippen LogP contribution in [0.15, 0.2) is 29.1 Å². The summed E-state index contributed by atoms with van der Waals surface area (Å²) in [6.45, 7) is 3.74.